The maximum Gasteiger partial charge on any atom is 0.251 e. The van der Waals surface area contributed by atoms with Gasteiger partial charge in [-0.2, -0.15) is 0 Å². The lowest BCUT2D eigenvalue weighted by atomic mass is 9.87. The van der Waals surface area contributed by atoms with Crippen LogP contribution in [0.4, 0.5) is 0 Å². The van der Waals surface area contributed by atoms with Gasteiger partial charge in [0.2, 0.25) is 5.91 Å². The Bertz CT molecular complexity index is 558. The fourth-order valence-electron chi connectivity index (χ4n) is 2.97. The lowest BCUT2D eigenvalue weighted by Gasteiger charge is -2.20. The minimum absolute atomic E-state index is 0.0438. The van der Waals surface area contributed by atoms with Crippen molar-refractivity contribution in [3.8, 4) is 0 Å². The topological polar surface area (TPSA) is 49.4 Å². The number of carbonyl (C=O) groups excluding carboxylic acids is 2. The highest BCUT2D eigenvalue weighted by Crippen LogP contribution is 2.22. The molecule has 0 bridgehead atoms. The van der Waals surface area contributed by atoms with Gasteiger partial charge in [0.05, 0.1) is 0 Å². The van der Waals surface area contributed by atoms with E-state index < -0.39 is 0 Å². The average Bonchev–Trinajstić information content (AvgIpc) is 2.75. The Kier molecular flexibility index (Phi) is 6.41. The number of amides is 2. The molecule has 0 spiro atoms. The Labute approximate surface area is 145 Å². The van der Waals surface area contributed by atoms with Crippen LogP contribution in [0.15, 0.2) is 24.3 Å². The molecule has 132 valence electrons. The molecule has 0 aliphatic carbocycles. The Morgan fingerprint density at radius 2 is 1.83 bits per heavy atom. The van der Waals surface area contributed by atoms with Gasteiger partial charge in [0.1, 0.15) is 0 Å². The van der Waals surface area contributed by atoms with E-state index in [0.29, 0.717) is 18.5 Å². The predicted octanol–water partition coefficient (Wildman–Crippen LogP) is 3.51. The second-order valence-corrected chi connectivity index (χ2v) is 7.63. The summed E-state index contributed by atoms with van der Waals surface area (Å²) in [6, 6.07) is 7.80. The van der Waals surface area contributed by atoms with Gasteiger partial charge in [-0.15, -0.1) is 0 Å². The third-order valence-corrected chi connectivity index (χ3v) is 4.57. The zero-order valence-corrected chi connectivity index (χ0v) is 15.2. The van der Waals surface area contributed by atoms with Gasteiger partial charge in [0.15, 0.2) is 0 Å². The van der Waals surface area contributed by atoms with Crippen LogP contribution in [0.2, 0.25) is 0 Å². The Balaban J connectivity index is 1.76. The minimum Gasteiger partial charge on any atom is -0.352 e. The number of likely N-dealkylation sites (tertiary alicyclic amines) is 1. The van der Waals surface area contributed by atoms with Crippen molar-refractivity contribution in [1.29, 1.82) is 0 Å². The molecule has 0 unspecified atom stereocenters. The molecule has 4 nitrogen and oxygen atoms in total. The van der Waals surface area contributed by atoms with E-state index in [1.807, 2.05) is 29.2 Å². The molecule has 0 radical (unpaired) electrons. The monoisotopic (exact) mass is 330 g/mol. The van der Waals surface area contributed by atoms with E-state index >= 15 is 0 Å². The third kappa shape index (κ3) is 5.36. The second kappa shape index (κ2) is 8.32. The van der Waals surface area contributed by atoms with Crippen LogP contribution >= 0.6 is 0 Å². The Morgan fingerprint density at radius 3 is 2.50 bits per heavy atom. The zero-order chi connectivity index (χ0) is 17.6. The van der Waals surface area contributed by atoms with Crippen molar-refractivity contribution in [3.63, 3.8) is 0 Å². The van der Waals surface area contributed by atoms with Gasteiger partial charge in [-0.3, -0.25) is 9.59 Å². The van der Waals surface area contributed by atoms with Crippen LogP contribution in [0.1, 0.15) is 68.8 Å². The van der Waals surface area contributed by atoms with Crippen LogP contribution in [0.3, 0.4) is 0 Å². The minimum atomic E-state index is -0.0438. The van der Waals surface area contributed by atoms with Crippen molar-refractivity contribution in [1.82, 2.24) is 10.2 Å². The molecule has 1 aromatic carbocycles. The second-order valence-electron chi connectivity index (χ2n) is 7.63. The molecule has 0 saturated carbocycles. The lowest BCUT2D eigenvalue weighted by molar-refractivity contribution is -0.130. The first-order chi connectivity index (χ1) is 11.4. The van der Waals surface area contributed by atoms with Crippen LogP contribution in [0.5, 0.6) is 0 Å². The summed E-state index contributed by atoms with van der Waals surface area (Å²) in [4.78, 5) is 26.0. The first-order valence-corrected chi connectivity index (χ1v) is 9.04. The van der Waals surface area contributed by atoms with Gasteiger partial charge in [-0.1, -0.05) is 39.3 Å². The quantitative estimate of drug-likeness (QED) is 0.840. The highest BCUT2D eigenvalue weighted by atomic mass is 16.2. The summed E-state index contributed by atoms with van der Waals surface area (Å²) in [7, 11) is 0. The van der Waals surface area contributed by atoms with Gasteiger partial charge >= 0.3 is 0 Å². The van der Waals surface area contributed by atoms with E-state index in [1.54, 1.807) is 0 Å². The molecule has 24 heavy (non-hydrogen) atoms. The highest BCUT2D eigenvalue weighted by molar-refractivity contribution is 5.94. The Morgan fingerprint density at radius 1 is 1.12 bits per heavy atom. The van der Waals surface area contributed by atoms with Crippen LogP contribution in [0, 0.1) is 0 Å². The van der Waals surface area contributed by atoms with Crippen molar-refractivity contribution in [3.05, 3.63) is 35.4 Å². The van der Waals surface area contributed by atoms with Crippen molar-refractivity contribution < 1.29 is 9.59 Å². The van der Waals surface area contributed by atoms with Gasteiger partial charge in [0, 0.05) is 31.6 Å². The zero-order valence-electron chi connectivity index (χ0n) is 15.2. The first-order valence-electron chi connectivity index (χ1n) is 9.04. The van der Waals surface area contributed by atoms with E-state index in [4.69, 9.17) is 0 Å². The summed E-state index contributed by atoms with van der Waals surface area (Å²) >= 11 is 0. The van der Waals surface area contributed by atoms with E-state index in [0.717, 1.165) is 38.8 Å². The molecule has 1 heterocycles. The molecule has 4 heteroatoms. The molecule has 0 atom stereocenters. The number of benzene rings is 1. The summed E-state index contributed by atoms with van der Waals surface area (Å²) in [6.07, 6.45) is 4.72. The van der Waals surface area contributed by atoms with Crippen LogP contribution in [0.25, 0.3) is 0 Å². The maximum absolute atomic E-state index is 12.2. The molecule has 1 aliphatic heterocycles. The summed E-state index contributed by atoms with van der Waals surface area (Å²) in [6.45, 7) is 8.68. The summed E-state index contributed by atoms with van der Waals surface area (Å²) < 4.78 is 0. The molecule has 2 amide bonds. The molecule has 1 fully saturated rings. The number of nitrogens with zero attached hydrogens (tertiary/aromatic N) is 1. The van der Waals surface area contributed by atoms with Gasteiger partial charge in [0.25, 0.3) is 5.91 Å². The van der Waals surface area contributed by atoms with Crippen molar-refractivity contribution in [2.24, 2.45) is 0 Å². The first kappa shape index (κ1) is 18.5. The lowest BCUT2D eigenvalue weighted by Crippen LogP contribution is -2.34. The van der Waals surface area contributed by atoms with E-state index in [-0.39, 0.29) is 17.2 Å². The molecular formula is C20H30N2O2. The number of hydrogen-bond acceptors (Lipinski definition) is 2. The number of carbonyl (C=O) groups is 2. The summed E-state index contributed by atoms with van der Waals surface area (Å²) in [5.74, 6) is 0.217. The van der Waals surface area contributed by atoms with Crippen molar-refractivity contribution in [2.45, 2.75) is 58.3 Å². The van der Waals surface area contributed by atoms with Crippen molar-refractivity contribution >= 4 is 11.8 Å². The van der Waals surface area contributed by atoms with E-state index in [2.05, 4.69) is 26.1 Å². The van der Waals surface area contributed by atoms with E-state index in [9.17, 15) is 9.59 Å². The maximum atomic E-state index is 12.2. The van der Waals surface area contributed by atoms with Crippen LogP contribution < -0.4 is 5.32 Å². The Hall–Kier alpha value is -1.84. The van der Waals surface area contributed by atoms with Gasteiger partial charge in [-0.25, -0.2) is 0 Å². The molecule has 1 saturated heterocycles. The molecule has 1 N–H and O–H groups in total. The third-order valence-electron chi connectivity index (χ3n) is 4.57. The molecule has 1 aromatic rings. The standard InChI is InChI=1S/C20H30N2O2/c1-20(2,3)17-11-9-16(10-12-17)19(24)21-13-7-15-22-14-6-4-5-8-18(22)23/h9-12H,4-8,13-15H2,1-3H3,(H,21,24). The fraction of sp³-hybridized carbons (Fsp3) is 0.600. The number of rotatable bonds is 5. The number of nitrogens with one attached hydrogen (secondary N) is 1. The SMILES string of the molecule is CC(C)(C)c1ccc(C(=O)NCCCN2CCCCCC2=O)cc1. The molecule has 2 rings (SSSR count). The average molecular weight is 330 g/mol. The molecule has 0 aromatic heterocycles. The smallest absolute Gasteiger partial charge is 0.251 e. The van der Waals surface area contributed by atoms with Crippen LogP contribution in [-0.4, -0.2) is 36.3 Å². The van der Waals surface area contributed by atoms with Gasteiger partial charge in [-0.05, 0) is 42.4 Å². The largest absolute Gasteiger partial charge is 0.352 e. The van der Waals surface area contributed by atoms with Gasteiger partial charge < -0.3 is 10.2 Å². The van der Waals surface area contributed by atoms with Crippen LogP contribution in [-0.2, 0) is 10.2 Å². The summed E-state index contributed by atoms with van der Waals surface area (Å²) in [5, 5.41) is 2.95. The normalized spacial score (nSPS) is 16.0. The predicted molar refractivity (Wildman–Crippen MR) is 97.1 cm³/mol. The van der Waals surface area contributed by atoms with E-state index in [1.165, 1.54) is 5.56 Å². The fourth-order valence-corrected chi connectivity index (χ4v) is 2.97. The van der Waals surface area contributed by atoms with Crippen molar-refractivity contribution in [2.75, 3.05) is 19.6 Å². The highest BCUT2D eigenvalue weighted by Gasteiger charge is 2.16. The molecular weight excluding hydrogens is 300 g/mol. The molecule has 1 aliphatic rings. The number of hydrogen-bond donors (Lipinski definition) is 1. The summed E-state index contributed by atoms with van der Waals surface area (Å²) in [5.41, 5.74) is 2.00.